The van der Waals surface area contributed by atoms with Crippen LogP contribution < -0.4 is 5.32 Å². The number of piperidine rings is 1. The van der Waals surface area contributed by atoms with Gasteiger partial charge in [-0.2, -0.15) is 0 Å². The summed E-state index contributed by atoms with van der Waals surface area (Å²) in [6, 6.07) is 0. The predicted octanol–water partition coefficient (Wildman–Crippen LogP) is -0.0232. The molecule has 0 spiro atoms. The summed E-state index contributed by atoms with van der Waals surface area (Å²) < 4.78 is 30.1. The number of nitrogens with one attached hydrogen (secondary N) is 1. The fourth-order valence-corrected chi connectivity index (χ4v) is 3.43. The van der Waals surface area contributed by atoms with Gasteiger partial charge in [0, 0.05) is 32.7 Å². The summed E-state index contributed by atoms with van der Waals surface area (Å²) in [5, 5.41) is 2.74. The van der Waals surface area contributed by atoms with Gasteiger partial charge in [0.1, 0.15) is 0 Å². The first-order valence-electron chi connectivity index (χ1n) is 6.36. The lowest BCUT2D eigenvalue weighted by molar-refractivity contribution is -0.125. The number of amides is 1. The molecule has 0 saturated carbocycles. The van der Waals surface area contributed by atoms with Crippen molar-refractivity contribution in [3.8, 4) is 0 Å². The minimum atomic E-state index is -3.25. The second-order valence-electron chi connectivity index (χ2n) is 4.52. The lowest BCUT2D eigenvalue weighted by Gasteiger charge is -2.30. The molecule has 0 aromatic heterocycles. The Hall–Kier alpha value is -0.920. The first-order valence-corrected chi connectivity index (χ1v) is 7.97. The number of ether oxygens (including phenoxy) is 1. The first-order chi connectivity index (χ1) is 9.01. The van der Waals surface area contributed by atoms with Gasteiger partial charge in [0.25, 0.3) is 0 Å². The van der Waals surface area contributed by atoms with Gasteiger partial charge >= 0.3 is 0 Å². The van der Waals surface area contributed by atoms with E-state index in [0.717, 1.165) is 0 Å². The lowest BCUT2D eigenvalue weighted by atomic mass is 9.97. The molecule has 1 saturated heterocycles. The van der Waals surface area contributed by atoms with E-state index in [9.17, 15) is 13.2 Å². The van der Waals surface area contributed by atoms with Crippen molar-refractivity contribution in [2.24, 2.45) is 5.92 Å². The summed E-state index contributed by atoms with van der Waals surface area (Å²) in [6.45, 7) is 4.98. The predicted molar refractivity (Wildman–Crippen MR) is 73.2 cm³/mol. The number of sulfonamides is 1. The Bertz CT molecular complexity index is 400. The first kappa shape index (κ1) is 16.1. The zero-order valence-electron chi connectivity index (χ0n) is 11.3. The molecule has 0 atom stereocenters. The van der Waals surface area contributed by atoms with E-state index in [1.54, 1.807) is 6.08 Å². The van der Waals surface area contributed by atoms with Crippen LogP contribution in [0.2, 0.25) is 0 Å². The Labute approximate surface area is 114 Å². The fraction of sp³-hybridized carbons (Fsp3) is 0.750. The standard InChI is InChI=1S/C12H22N2O4S/c1-3-6-13-12(15)11-4-7-14(8-5-11)19(16,17)10-9-18-2/h3,11H,1,4-10H2,2H3,(H,13,15). The minimum absolute atomic E-state index is 0.00315. The number of rotatable bonds is 7. The second kappa shape index (κ2) is 7.62. The molecule has 0 radical (unpaired) electrons. The third-order valence-electron chi connectivity index (χ3n) is 3.18. The van der Waals surface area contributed by atoms with Gasteiger partial charge in [-0.15, -0.1) is 6.58 Å². The molecular weight excluding hydrogens is 268 g/mol. The molecule has 1 fully saturated rings. The lowest BCUT2D eigenvalue weighted by Crippen LogP contribution is -2.44. The molecule has 1 rings (SSSR count). The Kier molecular flexibility index (Phi) is 6.47. The maximum absolute atomic E-state index is 11.9. The van der Waals surface area contributed by atoms with E-state index in [1.165, 1.54) is 11.4 Å². The van der Waals surface area contributed by atoms with Crippen LogP contribution in [0.25, 0.3) is 0 Å². The number of hydrogen-bond acceptors (Lipinski definition) is 4. The molecule has 1 amide bonds. The van der Waals surface area contributed by atoms with Gasteiger partial charge < -0.3 is 10.1 Å². The van der Waals surface area contributed by atoms with E-state index in [2.05, 4.69) is 11.9 Å². The van der Waals surface area contributed by atoms with Crippen molar-refractivity contribution in [3.63, 3.8) is 0 Å². The van der Waals surface area contributed by atoms with E-state index in [4.69, 9.17) is 4.74 Å². The third-order valence-corrected chi connectivity index (χ3v) is 5.02. The molecule has 0 aromatic carbocycles. The van der Waals surface area contributed by atoms with Gasteiger partial charge in [0.15, 0.2) is 0 Å². The molecule has 0 bridgehead atoms. The highest BCUT2D eigenvalue weighted by atomic mass is 32.2. The van der Waals surface area contributed by atoms with Crippen molar-refractivity contribution in [2.75, 3.05) is 39.1 Å². The number of nitrogens with zero attached hydrogens (tertiary/aromatic N) is 1. The van der Waals surface area contributed by atoms with Crippen molar-refractivity contribution < 1.29 is 17.9 Å². The molecule has 110 valence electrons. The van der Waals surface area contributed by atoms with Crippen molar-refractivity contribution in [1.82, 2.24) is 9.62 Å². The summed E-state index contributed by atoms with van der Waals surface area (Å²) in [6.07, 6.45) is 2.76. The van der Waals surface area contributed by atoms with Gasteiger partial charge in [-0.1, -0.05) is 6.08 Å². The van der Waals surface area contributed by atoms with Gasteiger partial charge in [-0.3, -0.25) is 4.79 Å². The van der Waals surface area contributed by atoms with E-state index in [0.29, 0.717) is 32.5 Å². The normalized spacial score (nSPS) is 18.2. The molecular formula is C12H22N2O4S. The van der Waals surface area contributed by atoms with E-state index in [1.807, 2.05) is 0 Å². The number of carbonyl (C=O) groups is 1. The van der Waals surface area contributed by atoms with Crippen LogP contribution in [0.1, 0.15) is 12.8 Å². The maximum Gasteiger partial charge on any atom is 0.223 e. The fourth-order valence-electron chi connectivity index (χ4n) is 2.03. The molecule has 1 aliphatic heterocycles. The van der Waals surface area contributed by atoms with Crippen LogP contribution in [0.5, 0.6) is 0 Å². The molecule has 0 aliphatic carbocycles. The van der Waals surface area contributed by atoms with Crippen LogP contribution >= 0.6 is 0 Å². The van der Waals surface area contributed by atoms with Crippen LogP contribution in [0.4, 0.5) is 0 Å². The Morgan fingerprint density at radius 1 is 1.47 bits per heavy atom. The molecule has 1 N–H and O–H groups in total. The highest BCUT2D eigenvalue weighted by Gasteiger charge is 2.30. The second-order valence-corrected chi connectivity index (χ2v) is 6.60. The average molecular weight is 290 g/mol. The van der Waals surface area contributed by atoms with Crippen LogP contribution in [0.3, 0.4) is 0 Å². The van der Waals surface area contributed by atoms with E-state index in [-0.39, 0.29) is 24.2 Å². The smallest absolute Gasteiger partial charge is 0.223 e. The zero-order chi connectivity index (χ0) is 14.3. The van der Waals surface area contributed by atoms with Gasteiger partial charge in [-0.05, 0) is 12.8 Å². The number of hydrogen-bond donors (Lipinski definition) is 1. The summed E-state index contributed by atoms with van der Waals surface area (Å²) in [4.78, 5) is 11.7. The van der Waals surface area contributed by atoms with Crippen molar-refractivity contribution in [3.05, 3.63) is 12.7 Å². The molecule has 0 unspecified atom stereocenters. The highest BCUT2D eigenvalue weighted by Crippen LogP contribution is 2.19. The quantitative estimate of drug-likeness (QED) is 0.669. The summed E-state index contributed by atoms with van der Waals surface area (Å²) in [5.41, 5.74) is 0. The molecule has 7 heteroatoms. The van der Waals surface area contributed by atoms with Gasteiger partial charge in [0.2, 0.25) is 15.9 Å². The summed E-state index contributed by atoms with van der Waals surface area (Å²) >= 11 is 0. The van der Waals surface area contributed by atoms with Crippen LogP contribution in [0.15, 0.2) is 12.7 Å². The molecule has 6 nitrogen and oxygen atoms in total. The maximum atomic E-state index is 11.9. The van der Waals surface area contributed by atoms with Crippen molar-refractivity contribution in [2.45, 2.75) is 12.8 Å². The summed E-state index contributed by atoms with van der Waals surface area (Å²) in [5.74, 6) is -0.126. The van der Waals surface area contributed by atoms with E-state index >= 15 is 0 Å². The minimum Gasteiger partial charge on any atom is -0.384 e. The Morgan fingerprint density at radius 2 is 2.11 bits per heavy atom. The average Bonchev–Trinajstić information content (AvgIpc) is 2.42. The van der Waals surface area contributed by atoms with Crippen molar-refractivity contribution in [1.29, 1.82) is 0 Å². The zero-order valence-corrected chi connectivity index (χ0v) is 12.1. The van der Waals surface area contributed by atoms with E-state index < -0.39 is 10.0 Å². The Balaban J connectivity index is 2.44. The number of carbonyl (C=O) groups excluding carboxylic acids is 1. The third kappa shape index (κ3) is 4.93. The Morgan fingerprint density at radius 3 is 2.63 bits per heavy atom. The van der Waals surface area contributed by atoms with Gasteiger partial charge in [-0.25, -0.2) is 12.7 Å². The van der Waals surface area contributed by atoms with Crippen LogP contribution in [-0.4, -0.2) is 57.7 Å². The van der Waals surface area contributed by atoms with Crippen molar-refractivity contribution >= 4 is 15.9 Å². The van der Waals surface area contributed by atoms with Crippen LogP contribution in [0, 0.1) is 5.92 Å². The molecule has 1 heterocycles. The van der Waals surface area contributed by atoms with Crippen LogP contribution in [-0.2, 0) is 19.6 Å². The summed E-state index contributed by atoms with van der Waals surface area (Å²) in [7, 11) is -1.77. The monoisotopic (exact) mass is 290 g/mol. The van der Waals surface area contributed by atoms with Gasteiger partial charge in [0.05, 0.1) is 12.4 Å². The molecule has 19 heavy (non-hydrogen) atoms. The SMILES string of the molecule is C=CCNC(=O)C1CCN(S(=O)(=O)CCOC)CC1. The molecule has 0 aromatic rings. The largest absolute Gasteiger partial charge is 0.384 e. The molecule has 1 aliphatic rings. The highest BCUT2D eigenvalue weighted by molar-refractivity contribution is 7.89. The topological polar surface area (TPSA) is 75.7 Å². The number of methoxy groups -OCH3 is 1.